The zero-order valence-electron chi connectivity index (χ0n) is 13.0. The van der Waals surface area contributed by atoms with E-state index in [4.69, 9.17) is 9.25 Å². The molecule has 0 N–H and O–H groups in total. The molecule has 1 aliphatic heterocycles. The van der Waals surface area contributed by atoms with Gasteiger partial charge >= 0.3 is 0 Å². The molecule has 1 amide bonds. The van der Waals surface area contributed by atoms with Crippen LogP contribution in [0.3, 0.4) is 0 Å². The van der Waals surface area contributed by atoms with Crippen LogP contribution in [0.4, 0.5) is 4.39 Å². The molecule has 0 aliphatic carbocycles. The number of amides is 1. The number of rotatable bonds is 6. The number of halogens is 1. The van der Waals surface area contributed by atoms with Gasteiger partial charge in [0.25, 0.3) is 5.91 Å². The third-order valence-corrected chi connectivity index (χ3v) is 3.68. The second-order valence-corrected chi connectivity index (χ2v) is 5.46. The summed E-state index contributed by atoms with van der Waals surface area (Å²) in [5.74, 6) is -0.288. The number of hydrogen-bond acceptors (Lipinski definition) is 4. The van der Waals surface area contributed by atoms with Crippen molar-refractivity contribution >= 4 is 11.6 Å². The molecule has 124 valence electrons. The molecular weight excluding hydrogens is 311 g/mol. The van der Waals surface area contributed by atoms with Crippen molar-refractivity contribution in [1.29, 1.82) is 0 Å². The van der Waals surface area contributed by atoms with Crippen LogP contribution in [0.5, 0.6) is 0 Å². The van der Waals surface area contributed by atoms with Crippen LogP contribution in [-0.4, -0.2) is 35.7 Å². The van der Waals surface area contributed by atoms with Gasteiger partial charge in [0, 0.05) is 18.5 Å². The van der Waals surface area contributed by atoms with Crippen molar-refractivity contribution in [2.24, 2.45) is 5.16 Å². The van der Waals surface area contributed by atoms with Crippen molar-refractivity contribution in [1.82, 2.24) is 4.90 Å². The van der Waals surface area contributed by atoms with E-state index in [0.717, 1.165) is 0 Å². The van der Waals surface area contributed by atoms with E-state index in [0.29, 0.717) is 30.8 Å². The summed E-state index contributed by atoms with van der Waals surface area (Å²) in [7, 11) is 0. The lowest BCUT2D eigenvalue weighted by atomic mass is 10.0. The summed E-state index contributed by atoms with van der Waals surface area (Å²) in [5, 5.41) is 4.03. The molecule has 0 fully saturated rings. The molecule has 24 heavy (non-hydrogen) atoms. The van der Waals surface area contributed by atoms with E-state index in [1.165, 1.54) is 18.4 Å². The maximum atomic E-state index is 13.3. The van der Waals surface area contributed by atoms with E-state index >= 15 is 0 Å². The van der Waals surface area contributed by atoms with Crippen molar-refractivity contribution in [3.8, 4) is 0 Å². The highest BCUT2D eigenvalue weighted by Gasteiger charge is 2.27. The second kappa shape index (κ2) is 7.12. The molecule has 0 saturated carbocycles. The molecule has 6 heteroatoms. The minimum absolute atomic E-state index is 0.234. The fourth-order valence-electron chi connectivity index (χ4n) is 2.56. The van der Waals surface area contributed by atoms with Gasteiger partial charge in [0.2, 0.25) is 0 Å². The fraction of sp³-hybridized carbons (Fsp3) is 0.222. The summed E-state index contributed by atoms with van der Waals surface area (Å²) in [6.07, 6.45) is 3.31. The lowest BCUT2D eigenvalue weighted by molar-refractivity contribution is 0.0432. The molecule has 1 aliphatic rings. The minimum atomic E-state index is -0.320. The Morgan fingerprint density at radius 1 is 1.42 bits per heavy atom. The maximum Gasteiger partial charge on any atom is 0.289 e. The Balaban J connectivity index is 1.65. The van der Waals surface area contributed by atoms with Gasteiger partial charge in [-0.25, -0.2) is 4.39 Å². The van der Waals surface area contributed by atoms with E-state index < -0.39 is 0 Å². The molecule has 0 spiro atoms. The first-order valence-electron chi connectivity index (χ1n) is 7.59. The Kier molecular flexibility index (Phi) is 4.74. The topological polar surface area (TPSA) is 55.0 Å². The highest BCUT2D eigenvalue weighted by Crippen LogP contribution is 2.19. The van der Waals surface area contributed by atoms with Gasteiger partial charge in [0.05, 0.1) is 18.5 Å². The molecule has 2 aromatic rings. The average molecular weight is 328 g/mol. The SMILES string of the molecule is C=CCN(CC1CC(c2cccc(F)c2)=NO1)C(=O)c1ccco1. The molecule has 0 radical (unpaired) electrons. The monoisotopic (exact) mass is 328 g/mol. The molecule has 1 aromatic carbocycles. The second-order valence-electron chi connectivity index (χ2n) is 5.46. The number of hydrogen-bond donors (Lipinski definition) is 0. The minimum Gasteiger partial charge on any atom is -0.459 e. The zero-order valence-corrected chi connectivity index (χ0v) is 13.0. The normalized spacial score (nSPS) is 16.4. The average Bonchev–Trinajstić information content (AvgIpc) is 3.26. The van der Waals surface area contributed by atoms with Crippen LogP contribution in [-0.2, 0) is 4.84 Å². The molecule has 5 nitrogen and oxygen atoms in total. The maximum absolute atomic E-state index is 13.3. The number of carbonyl (C=O) groups is 1. The van der Waals surface area contributed by atoms with Crippen LogP contribution in [0.25, 0.3) is 0 Å². The van der Waals surface area contributed by atoms with Crippen LogP contribution in [0.15, 0.2) is 64.9 Å². The lowest BCUT2D eigenvalue weighted by Gasteiger charge is -2.22. The molecule has 1 aromatic heterocycles. The van der Waals surface area contributed by atoms with Gasteiger partial charge < -0.3 is 14.2 Å². The number of furan rings is 1. The zero-order chi connectivity index (χ0) is 16.9. The van der Waals surface area contributed by atoms with E-state index in [2.05, 4.69) is 11.7 Å². The standard InChI is InChI=1S/C18H17FN2O3/c1-2-8-21(18(22)17-7-4-9-23-17)12-15-11-16(20-24-15)13-5-3-6-14(19)10-13/h2-7,9-10,15H,1,8,11-12H2. The van der Waals surface area contributed by atoms with E-state index in [9.17, 15) is 9.18 Å². The number of oxime groups is 1. The summed E-state index contributed by atoms with van der Waals surface area (Å²) < 4.78 is 18.5. The quantitative estimate of drug-likeness (QED) is 0.765. The van der Waals surface area contributed by atoms with Gasteiger partial charge in [-0.05, 0) is 24.3 Å². The Morgan fingerprint density at radius 2 is 2.29 bits per heavy atom. The number of carbonyl (C=O) groups excluding carboxylic acids is 1. The van der Waals surface area contributed by atoms with Gasteiger partial charge in [0.15, 0.2) is 11.9 Å². The van der Waals surface area contributed by atoms with Crippen molar-refractivity contribution in [2.45, 2.75) is 12.5 Å². The largest absolute Gasteiger partial charge is 0.459 e. The predicted octanol–water partition coefficient (Wildman–Crippen LogP) is 3.24. The molecule has 3 rings (SSSR count). The molecular formula is C18H17FN2O3. The number of nitrogens with zero attached hydrogens (tertiary/aromatic N) is 2. The van der Waals surface area contributed by atoms with E-state index in [1.807, 2.05) is 0 Å². The van der Waals surface area contributed by atoms with Crippen molar-refractivity contribution in [2.75, 3.05) is 13.1 Å². The van der Waals surface area contributed by atoms with Crippen molar-refractivity contribution in [3.63, 3.8) is 0 Å². The van der Waals surface area contributed by atoms with Crippen molar-refractivity contribution in [3.05, 3.63) is 72.5 Å². The van der Waals surface area contributed by atoms with Crippen LogP contribution in [0.1, 0.15) is 22.5 Å². The molecule has 1 unspecified atom stereocenters. The van der Waals surface area contributed by atoms with Gasteiger partial charge in [-0.15, -0.1) is 6.58 Å². The highest BCUT2D eigenvalue weighted by molar-refractivity contribution is 6.01. The smallest absolute Gasteiger partial charge is 0.289 e. The Bertz CT molecular complexity index is 755. The first kappa shape index (κ1) is 16.0. The van der Waals surface area contributed by atoms with E-state index in [1.54, 1.807) is 35.2 Å². The molecule has 1 atom stereocenters. The van der Waals surface area contributed by atoms with Gasteiger partial charge in [-0.3, -0.25) is 4.79 Å². The van der Waals surface area contributed by atoms with Gasteiger partial charge in [-0.1, -0.05) is 23.4 Å². The first-order chi connectivity index (χ1) is 11.7. The summed E-state index contributed by atoms with van der Waals surface area (Å²) in [6.45, 7) is 4.39. The first-order valence-corrected chi connectivity index (χ1v) is 7.59. The molecule has 0 saturated heterocycles. The lowest BCUT2D eigenvalue weighted by Crippen LogP contribution is -2.37. The van der Waals surface area contributed by atoms with Gasteiger partial charge in [-0.2, -0.15) is 0 Å². The van der Waals surface area contributed by atoms with Crippen LogP contribution < -0.4 is 0 Å². The summed E-state index contributed by atoms with van der Waals surface area (Å²) in [4.78, 5) is 19.4. The van der Waals surface area contributed by atoms with Crippen LogP contribution in [0, 0.1) is 5.82 Å². The third-order valence-electron chi connectivity index (χ3n) is 3.68. The Morgan fingerprint density at radius 3 is 3.00 bits per heavy atom. The molecule has 0 bridgehead atoms. The van der Waals surface area contributed by atoms with Crippen LogP contribution in [0.2, 0.25) is 0 Å². The van der Waals surface area contributed by atoms with E-state index in [-0.39, 0.29) is 23.6 Å². The number of benzene rings is 1. The summed E-state index contributed by atoms with van der Waals surface area (Å²) in [5.41, 5.74) is 1.36. The van der Waals surface area contributed by atoms with Gasteiger partial charge in [0.1, 0.15) is 5.82 Å². The molecule has 2 heterocycles. The Hall–Kier alpha value is -2.89. The Labute approximate surface area is 139 Å². The van der Waals surface area contributed by atoms with Crippen LogP contribution >= 0.6 is 0 Å². The third kappa shape index (κ3) is 3.53. The predicted molar refractivity (Wildman–Crippen MR) is 87.2 cm³/mol. The van der Waals surface area contributed by atoms with Crippen molar-refractivity contribution < 1.29 is 18.4 Å². The summed E-state index contributed by atoms with van der Waals surface area (Å²) in [6, 6.07) is 9.48. The fourth-order valence-corrected chi connectivity index (χ4v) is 2.56. The highest BCUT2D eigenvalue weighted by atomic mass is 19.1. The summed E-state index contributed by atoms with van der Waals surface area (Å²) >= 11 is 0.